The summed E-state index contributed by atoms with van der Waals surface area (Å²) in [6, 6.07) is 2.05. The second kappa shape index (κ2) is 5.18. The first-order valence-electron chi connectivity index (χ1n) is 6.54. The van der Waals surface area contributed by atoms with Crippen molar-refractivity contribution in [1.29, 1.82) is 0 Å². The van der Waals surface area contributed by atoms with Crippen LogP contribution in [0.25, 0.3) is 11.0 Å². The van der Waals surface area contributed by atoms with Crippen LogP contribution in [0.4, 0.5) is 10.3 Å². The van der Waals surface area contributed by atoms with Crippen molar-refractivity contribution in [2.75, 3.05) is 5.73 Å². The maximum atomic E-state index is 13.5. The van der Waals surface area contributed by atoms with Crippen LogP contribution in [0.3, 0.4) is 0 Å². The van der Waals surface area contributed by atoms with Gasteiger partial charge in [-0.15, -0.1) is 0 Å². The highest BCUT2D eigenvalue weighted by Gasteiger charge is 2.24. The van der Waals surface area contributed by atoms with Crippen molar-refractivity contribution >= 4 is 34.5 Å². The summed E-state index contributed by atoms with van der Waals surface area (Å²) in [7, 11) is 0. The SMILES string of the molecule is CC(C(=O)NC(C)(C)C)n1c(N)nc2cc(F)c(Cl)cc21. The van der Waals surface area contributed by atoms with Gasteiger partial charge in [-0.05, 0) is 33.8 Å². The molecule has 0 fully saturated rings. The Labute approximate surface area is 127 Å². The zero-order chi connectivity index (χ0) is 15.9. The molecule has 0 bridgehead atoms. The molecule has 1 heterocycles. The molecule has 2 rings (SSSR count). The van der Waals surface area contributed by atoms with Gasteiger partial charge in [0.25, 0.3) is 0 Å². The van der Waals surface area contributed by atoms with E-state index in [1.807, 2.05) is 20.8 Å². The van der Waals surface area contributed by atoms with Gasteiger partial charge in [-0.25, -0.2) is 9.37 Å². The van der Waals surface area contributed by atoms with E-state index >= 15 is 0 Å². The Kier molecular flexibility index (Phi) is 3.84. The number of hydrogen-bond donors (Lipinski definition) is 2. The molecule has 0 spiro atoms. The van der Waals surface area contributed by atoms with Crippen LogP contribution in [0.1, 0.15) is 33.7 Å². The third kappa shape index (κ3) is 3.10. The molecule has 2 aromatic rings. The molecule has 0 aliphatic heterocycles. The number of amides is 1. The number of imidazole rings is 1. The van der Waals surface area contributed by atoms with Crippen LogP contribution in [0, 0.1) is 5.82 Å². The van der Waals surface area contributed by atoms with Crippen LogP contribution in [0.5, 0.6) is 0 Å². The summed E-state index contributed by atoms with van der Waals surface area (Å²) in [6.07, 6.45) is 0. The number of fused-ring (bicyclic) bond motifs is 1. The largest absolute Gasteiger partial charge is 0.369 e. The molecule has 1 aromatic carbocycles. The lowest BCUT2D eigenvalue weighted by atomic mass is 10.1. The van der Waals surface area contributed by atoms with E-state index in [4.69, 9.17) is 17.3 Å². The lowest BCUT2D eigenvalue weighted by molar-refractivity contribution is -0.125. The molecule has 1 amide bonds. The van der Waals surface area contributed by atoms with Gasteiger partial charge in [-0.1, -0.05) is 11.6 Å². The molecule has 7 heteroatoms. The Morgan fingerprint density at radius 2 is 2.10 bits per heavy atom. The number of carbonyl (C=O) groups is 1. The predicted molar refractivity (Wildman–Crippen MR) is 81.7 cm³/mol. The number of rotatable bonds is 2. The topological polar surface area (TPSA) is 72.9 Å². The number of nitrogens with zero attached hydrogens (tertiary/aromatic N) is 2. The van der Waals surface area contributed by atoms with Gasteiger partial charge < -0.3 is 11.1 Å². The lowest BCUT2D eigenvalue weighted by Crippen LogP contribution is -2.43. The minimum atomic E-state index is -0.587. The molecular weight excluding hydrogens is 295 g/mol. The van der Waals surface area contributed by atoms with Crippen LogP contribution in [0.2, 0.25) is 5.02 Å². The molecule has 3 N–H and O–H groups in total. The van der Waals surface area contributed by atoms with Gasteiger partial charge in [0.05, 0.1) is 16.1 Å². The molecule has 114 valence electrons. The van der Waals surface area contributed by atoms with E-state index < -0.39 is 11.9 Å². The van der Waals surface area contributed by atoms with Gasteiger partial charge >= 0.3 is 0 Å². The van der Waals surface area contributed by atoms with E-state index in [1.54, 1.807) is 11.5 Å². The summed E-state index contributed by atoms with van der Waals surface area (Å²) in [4.78, 5) is 16.4. The molecule has 5 nitrogen and oxygen atoms in total. The fourth-order valence-corrected chi connectivity index (χ4v) is 2.27. The fourth-order valence-electron chi connectivity index (χ4n) is 2.11. The highest BCUT2D eigenvalue weighted by atomic mass is 35.5. The summed E-state index contributed by atoms with van der Waals surface area (Å²) < 4.78 is 15.0. The van der Waals surface area contributed by atoms with Gasteiger partial charge in [-0.3, -0.25) is 9.36 Å². The summed E-state index contributed by atoms with van der Waals surface area (Å²) in [5, 5.41) is 2.84. The predicted octanol–water partition coefficient (Wildman–Crippen LogP) is 2.89. The number of benzene rings is 1. The van der Waals surface area contributed by atoms with Crippen molar-refractivity contribution in [3.63, 3.8) is 0 Å². The van der Waals surface area contributed by atoms with Crippen molar-refractivity contribution in [3.8, 4) is 0 Å². The normalized spacial score (nSPS) is 13.4. The van der Waals surface area contributed by atoms with E-state index in [0.29, 0.717) is 11.0 Å². The van der Waals surface area contributed by atoms with Crippen molar-refractivity contribution in [1.82, 2.24) is 14.9 Å². The minimum Gasteiger partial charge on any atom is -0.369 e. The van der Waals surface area contributed by atoms with Gasteiger partial charge in [0.15, 0.2) is 0 Å². The Morgan fingerprint density at radius 3 is 2.67 bits per heavy atom. The summed E-state index contributed by atoms with van der Waals surface area (Å²) in [6.45, 7) is 7.37. The van der Waals surface area contributed by atoms with E-state index in [1.165, 1.54) is 12.1 Å². The van der Waals surface area contributed by atoms with Gasteiger partial charge in [0.1, 0.15) is 11.9 Å². The maximum Gasteiger partial charge on any atom is 0.243 e. The average Bonchev–Trinajstić information content (AvgIpc) is 2.62. The van der Waals surface area contributed by atoms with Crippen molar-refractivity contribution in [2.24, 2.45) is 0 Å². The Bertz CT molecular complexity index is 705. The number of halogens is 2. The third-order valence-corrected chi connectivity index (χ3v) is 3.31. The third-order valence-electron chi connectivity index (χ3n) is 3.02. The molecular formula is C14H18ClFN4O. The second-order valence-electron chi connectivity index (χ2n) is 6.01. The minimum absolute atomic E-state index is 0.0351. The first-order chi connectivity index (χ1) is 9.60. The van der Waals surface area contributed by atoms with E-state index in [9.17, 15) is 9.18 Å². The summed E-state index contributed by atoms with van der Waals surface area (Å²) in [5.41, 5.74) is 6.39. The molecule has 1 unspecified atom stereocenters. The van der Waals surface area contributed by atoms with Crippen LogP contribution >= 0.6 is 11.6 Å². The fraction of sp³-hybridized carbons (Fsp3) is 0.429. The van der Waals surface area contributed by atoms with E-state index in [2.05, 4.69) is 10.3 Å². The monoisotopic (exact) mass is 312 g/mol. The number of hydrogen-bond acceptors (Lipinski definition) is 3. The number of aromatic nitrogens is 2. The highest BCUT2D eigenvalue weighted by molar-refractivity contribution is 6.31. The zero-order valence-corrected chi connectivity index (χ0v) is 13.1. The molecule has 0 aliphatic rings. The molecule has 0 saturated carbocycles. The standard InChI is InChI=1S/C14H18ClFN4O/c1-7(12(21)19-14(2,3)4)20-11-5-8(15)9(16)6-10(11)18-13(20)17/h5-7H,1-4H3,(H2,17,18)(H,19,21). The lowest BCUT2D eigenvalue weighted by Gasteiger charge is -2.24. The number of nitrogens with two attached hydrogens (primary N) is 1. The van der Waals surface area contributed by atoms with Crippen LogP contribution in [0.15, 0.2) is 12.1 Å². The molecule has 1 atom stereocenters. The number of carbonyl (C=O) groups excluding carboxylic acids is 1. The zero-order valence-electron chi connectivity index (χ0n) is 12.4. The number of nitrogens with one attached hydrogen (secondary N) is 1. The Morgan fingerprint density at radius 1 is 1.48 bits per heavy atom. The first-order valence-corrected chi connectivity index (χ1v) is 6.92. The van der Waals surface area contributed by atoms with E-state index in [0.717, 1.165) is 0 Å². The van der Waals surface area contributed by atoms with E-state index in [-0.39, 0.29) is 22.4 Å². The number of nitrogen functional groups attached to an aromatic ring is 1. The molecule has 0 saturated heterocycles. The first kappa shape index (κ1) is 15.6. The smallest absolute Gasteiger partial charge is 0.243 e. The van der Waals surface area contributed by atoms with Crippen molar-refractivity contribution < 1.29 is 9.18 Å². The molecule has 0 radical (unpaired) electrons. The van der Waals surface area contributed by atoms with Gasteiger partial charge in [0.2, 0.25) is 11.9 Å². The van der Waals surface area contributed by atoms with Crippen molar-refractivity contribution in [2.45, 2.75) is 39.3 Å². The molecule has 21 heavy (non-hydrogen) atoms. The second-order valence-corrected chi connectivity index (χ2v) is 6.42. The highest BCUT2D eigenvalue weighted by Crippen LogP contribution is 2.27. The van der Waals surface area contributed by atoms with Gasteiger partial charge in [0, 0.05) is 11.6 Å². The van der Waals surface area contributed by atoms with Crippen LogP contribution in [-0.4, -0.2) is 21.0 Å². The summed E-state index contributed by atoms with van der Waals surface area (Å²) in [5.74, 6) is -0.627. The average molecular weight is 313 g/mol. The van der Waals surface area contributed by atoms with Crippen LogP contribution < -0.4 is 11.1 Å². The summed E-state index contributed by atoms with van der Waals surface area (Å²) >= 11 is 5.80. The Hall–Kier alpha value is -1.82. The number of anilines is 1. The molecule has 1 aromatic heterocycles. The molecule has 0 aliphatic carbocycles. The quantitative estimate of drug-likeness (QED) is 0.895. The maximum absolute atomic E-state index is 13.5. The van der Waals surface area contributed by atoms with Gasteiger partial charge in [-0.2, -0.15) is 0 Å². The van der Waals surface area contributed by atoms with Crippen LogP contribution in [-0.2, 0) is 4.79 Å². The van der Waals surface area contributed by atoms with Crippen molar-refractivity contribution in [3.05, 3.63) is 23.0 Å². The Balaban J connectivity index is 2.48.